The van der Waals surface area contributed by atoms with Gasteiger partial charge in [-0.05, 0) is 18.1 Å². The van der Waals surface area contributed by atoms with Crippen LogP contribution in [-0.4, -0.2) is 47.6 Å². The van der Waals surface area contributed by atoms with E-state index in [1.165, 1.54) is 0 Å². The molecule has 112 valence electrons. The molecule has 0 aliphatic carbocycles. The lowest BCUT2D eigenvalue weighted by molar-refractivity contribution is 0.117. The zero-order valence-electron chi connectivity index (χ0n) is 12.1. The fourth-order valence-electron chi connectivity index (χ4n) is 2.63. The van der Waals surface area contributed by atoms with Crippen molar-refractivity contribution >= 4 is 23.2 Å². The molecule has 2 rings (SSSR count). The van der Waals surface area contributed by atoms with Crippen molar-refractivity contribution in [1.29, 1.82) is 0 Å². The zero-order chi connectivity index (χ0) is 14.7. The van der Waals surface area contributed by atoms with E-state index in [1.807, 2.05) is 0 Å². The molecule has 1 aromatic carbocycles. The minimum Gasteiger partial charge on any atom is -0.506 e. The number of hydrogen-bond donors (Lipinski definition) is 1. The number of hydrogen-bond acceptors (Lipinski definition) is 3. The van der Waals surface area contributed by atoms with E-state index in [9.17, 15) is 5.11 Å². The highest BCUT2D eigenvalue weighted by Gasteiger charge is 2.19. The summed E-state index contributed by atoms with van der Waals surface area (Å²) in [6.45, 7) is 10.5. The standard InChI is InChI=1S/C15H22Cl2N2O/c1-11(2)9-18-3-5-19(6-4-18)10-12-7-13(16)8-14(17)15(12)20/h7-8,11,20H,3-6,9-10H2,1-2H3. The summed E-state index contributed by atoms with van der Waals surface area (Å²) in [5, 5.41) is 10.9. The van der Waals surface area contributed by atoms with E-state index >= 15 is 0 Å². The Morgan fingerprint density at radius 2 is 1.70 bits per heavy atom. The van der Waals surface area contributed by atoms with E-state index in [-0.39, 0.29) is 5.75 Å². The van der Waals surface area contributed by atoms with Gasteiger partial charge >= 0.3 is 0 Å². The summed E-state index contributed by atoms with van der Waals surface area (Å²) in [5.74, 6) is 0.859. The van der Waals surface area contributed by atoms with Gasteiger partial charge in [-0.15, -0.1) is 0 Å². The Hall–Kier alpha value is -0.480. The van der Waals surface area contributed by atoms with Gasteiger partial charge in [-0.1, -0.05) is 37.0 Å². The molecule has 1 N–H and O–H groups in total. The number of nitrogens with zero attached hydrogens (tertiary/aromatic N) is 2. The maximum absolute atomic E-state index is 10.00. The van der Waals surface area contributed by atoms with Gasteiger partial charge in [0.2, 0.25) is 0 Å². The van der Waals surface area contributed by atoms with Crippen molar-refractivity contribution in [3.8, 4) is 5.75 Å². The third-order valence-corrected chi connectivity index (χ3v) is 4.10. The molecule has 0 saturated carbocycles. The average Bonchev–Trinajstić information content (AvgIpc) is 2.37. The van der Waals surface area contributed by atoms with Crippen LogP contribution in [-0.2, 0) is 6.54 Å². The van der Waals surface area contributed by atoms with Gasteiger partial charge in [-0.2, -0.15) is 0 Å². The van der Waals surface area contributed by atoms with Crippen LogP contribution in [0, 0.1) is 5.92 Å². The maximum atomic E-state index is 10.00. The molecule has 0 bridgehead atoms. The van der Waals surface area contributed by atoms with Gasteiger partial charge in [-0.25, -0.2) is 0 Å². The predicted molar refractivity (Wildman–Crippen MR) is 84.7 cm³/mol. The average molecular weight is 317 g/mol. The van der Waals surface area contributed by atoms with E-state index in [0.717, 1.165) is 38.3 Å². The van der Waals surface area contributed by atoms with Crippen molar-refractivity contribution in [2.24, 2.45) is 5.92 Å². The summed E-state index contributed by atoms with van der Waals surface area (Å²) in [5.41, 5.74) is 0.805. The van der Waals surface area contributed by atoms with Crippen molar-refractivity contribution in [1.82, 2.24) is 9.80 Å². The van der Waals surface area contributed by atoms with Crippen molar-refractivity contribution in [2.75, 3.05) is 32.7 Å². The third kappa shape index (κ3) is 4.26. The van der Waals surface area contributed by atoms with Crippen molar-refractivity contribution < 1.29 is 5.11 Å². The van der Waals surface area contributed by atoms with Crippen LogP contribution in [0.5, 0.6) is 5.75 Å². The summed E-state index contributed by atoms with van der Waals surface area (Å²) >= 11 is 12.0. The maximum Gasteiger partial charge on any atom is 0.138 e. The van der Waals surface area contributed by atoms with Gasteiger partial charge in [0.1, 0.15) is 5.75 Å². The molecule has 1 aliphatic rings. The third-order valence-electron chi connectivity index (χ3n) is 3.59. The molecule has 0 radical (unpaired) electrons. The Morgan fingerprint density at radius 3 is 2.30 bits per heavy atom. The lowest BCUT2D eigenvalue weighted by Crippen LogP contribution is -2.46. The highest BCUT2D eigenvalue weighted by atomic mass is 35.5. The van der Waals surface area contributed by atoms with Crippen LogP contribution in [0.1, 0.15) is 19.4 Å². The lowest BCUT2D eigenvalue weighted by Gasteiger charge is -2.35. The Bertz CT molecular complexity index is 457. The quantitative estimate of drug-likeness (QED) is 0.921. The van der Waals surface area contributed by atoms with Crippen molar-refractivity contribution in [3.05, 3.63) is 27.7 Å². The Kier molecular flexibility index (Phi) is 5.56. The predicted octanol–water partition coefficient (Wildman–Crippen LogP) is 3.47. The van der Waals surface area contributed by atoms with E-state index in [4.69, 9.17) is 23.2 Å². The highest BCUT2D eigenvalue weighted by molar-refractivity contribution is 6.35. The molecule has 20 heavy (non-hydrogen) atoms. The van der Waals surface area contributed by atoms with Crippen LogP contribution in [0.25, 0.3) is 0 Å². The highest BCUT2D eigenvalue weighted by Crippen LogP contribution is 2.32. The Morgan fingerprint density at radius 1 is 1.10 bits per heavy atom. The summed E-state index contributed by atoms with van der Waals surface area (Å²) < 4.78 is 0. The molecule has 0 amide bonds. The number of piperazine rings is 1. The molecule has 1 aromatic rings. The topological polar surface area (TPSA) is 26.7 Å². The van der Waals surface area contributed by atoms with Crippen LogP contribution in [0.15, 0.2) is 12.1 Å². The Labute approximate surface area is 131 Å². The van der Waals surface area contributed by atoms with Crippen LogP contribution in [0.2, 0.25) is 10.0 Å². The van der Waals surface area contributed by atoms with Gasteiger partial charge in [0.05, 0.1) is 5.02 Å². The molecular formula is C15H22Cl2N2O. The second-order valence-corrected chi connectivity index (χ2v) is 6.71. The number of benzene rings is 1. The number of rotatable bonds is 4. The van der Waals surface area contributed by atoms with E-state index in [2.05, 4.69) is 23.6 Å². The van der Waals surface area contributed by atoms with Crippen LogP contribution in [0.3, 0.4) is 0 Å². The molecule has 5 heteroatoms. The number of aromatic hydroxyl groups is 1. The smallest absolute Gasteiger partial charge is 0.138 e. The van der Waals surface area contributed by atoms with Crippen molar-refractivity contribution in [2.45, 2.75) is 20.4 Å². The molecule has 0 unspecified atom stereocenters. The monoisotopic (exact) mass is 316 g/mol. The molecule has 1 saturated heterocycles. The zero-order valence-corrected chi connectivity index (χ0v) is 13.6. The molecular weight excluding hydrogens is 295 g/mol. The van der Waals surface area contributed by atoms with Gasteiger partial charge in [0.25, 0.3) is 0 Å². The number of phenolic OH excluding ortho intramolecular Hbond substituents is 1. The lowest BCUT2D eigenvalue weighted by atomic mass is 10.1. The molecule has 3 nitrogen and oxygen atoms in total. The first-order valence-corrected chi connectivity index (χ1v) is 7.83. The number of phenols is 1. The van der Waals surface area contributed by atoms with Crippen LogP contribution in [0.4, 0.5) is 0 Å². The molecule has 1 aliphatic heterocycles. The molecule has 0 aromatic heterocycles. The molecule has 1 fully saturated rings. The largest absolute Gasteiger partial charge is 0.506 e. The Balaban J connectivity index is 1.93. The minimum atomic E-state index is 0.153. The fourth-order valence-corrected chi connectivity index (χ4v) is 3.16. The van der Waals surface area contributed by atoms with Gasteiger partial charge < -0.3 is 10.0 Å². The molecule has 1 heterocycles. The molecule has 0 spiro atoms. The number of halogens is 2. The van der Waals surface area contributed by atoms with E-state index in [0.29, 0.717) is 22.5 Å². The fraction of sp³-hybridized carbons (Fsp3) is 0.600. The summed E-state index contributed by atoms with van der Waals surface area (Å²) in [6.07, 6.45) is 0. The summed E-state index contributed by atoms with van der Waals surface area (Å²) in [6, 6.07) is 3.37. The SMILES string of the molecule is CC(C)CN1CCN(Cc2cc(Cl)cc(Cl)c2O)CC1. The first-order valence-electron chi connectivity index (χ1n) is 7.07. The van der Waals surface area contributed by atoms with E-state index < -0.39 is 0 Å². The van der Waals surface area contributed by atoms with Gasteiger partial charge in [0, 0.05) is 49.9 Å². The minimum absolute atomic E-state index is 0.153. The first-order chi connectivity index (χ1) is 9.45. The second kappa shape index (κ2) is 6.99. The second-order valence-electron chi connectivity index (χ2n) is 5.87. The van der Waals surface area contributed by atoms with Crippen molar-refractivity contribution in [3.63, 3.8) is 0 Å². The van der Waals surface area contributed by atoms with Gasteiger partial charge in [0.15, 0.2) is 0 Å². The van der Waals surface area contributed by atoms with Crippen LogP contribution < -0.4 is 0 Å². The molecule has 0 atom stereocenters. The summed E-state index contributed by atoms with van der Waals surface area (Å²) in [4.78, 5) is 4.82. The van der Waals surface area contributed by atoms with E-state index in [1.54, 1.807) is 12.1 Å². The first kappa shape index (κ1) is 15.9. The normalized spacial score (nSPS) is 17.9. The summed E-state index contributed by atoms with van der Waals surface area (Å²) in [7, 11) is 0. The van der Waals surface area contributed by atoms with Crippen LogP contribution >= 0.6 is 23.2 Å². The van der Waals surface area contributed by atoms with Gasteiger partial charge in [-0.3, -0.25) is 4.90 Å².